The molecule has 0 spiro atoms. The van der Waals surface area contributed by atoms with Crippen LogP contribution in [0.3, 0.4) is 0 Å². The van der Waals surface area contributed by atoms with Crippen molar-refractivity contribution < 1.29 is 0 Å². The number of hydrogen-bond acceptors (Lipinski definition) is 4. The molecule has 0 amide bonds. The van der Waals surface area contributed by atoms with Crippen molar-refractivity contribution in [1.82, 2.24) is 19.4 Å². The van der Waals surface area contributed by atoms with Crippen molar-refractivity contribution in [3.63, 3.8) is 0 Å². The lowest BCUT2D eigenvalue weighted by Gasteiger charge is -2.06. The Kier molecular flexibility index (Phi) is 3.12. The quantitative estimate of drug-likeness (QED) is 0.629. The predicted octanol–water partition coefficient (Wildman–Crippen LogP) is 3.54. The van der Waals surface area contributed by atoms with Crippen molar-refractivity contribution in [2.45, 2.75) is 6.54 Å². The van der Waals surface area contributed by atoms with Gasteiger partial charge in [-0.15, -0.1) is 0 Å². The second kappa shape index (κ2) is 5.27. The second-order valence-corrected chi connectivity index (χ2v) is 5.37. The van der Waals surface area contributed by atoms with Crippen molar-refractivity contribution >= 4 is 34.0 Å². The van der Waals surface area contributed by atoms with E-state index in [1.807, 2.05) is 53.2 Å². The van der Waals surface area contributed by atoms with Crippen molar-refractivity contribution in [3.05, 3.63) is 65.8 Å². The molecule has 3 heterocycles. The topological polar surface area (TPSA) is 55.1 Å². The molecule has 22 heavy (non-hydrogen) atoms. The summed E-state index contributed by atoms with van der Waals surface area (Å²) in [6.07, 6.45) is 5.52. The summed E-state index contributed by atoms with van der Waals surface area (Å²) in [7, 11) is 0. The van der Waals surface area contributed by atoms with Crippen LogP contribution >= 0.6 is 11.6 Å². The van der Waals surface area contributed by atoms with Crippen molar-refractivity contribution in [3.8, 4) is 0 Å². The lowest BCUT2D eigenvalue weighted by molar-refractivity contribution is 1.05. The number of nitrogens with one attached hydrogen (secondary N) is 1. The van der Waals surface area contributed by atoms with Gasteiger partial charge in [-0.1, -0.05) is 17.7 Å². The molecule has 3 aromatic heterocycles. The van der Waals surface area contributed by atoms with Gasteiger partial charge in [0.1, 0.15) is 17.8 Å². The minimum absolute atomic E-state index is 0.594. The lowest BCUT2D eigenvalue weighted by Crippen LogP contribution is -2.02. The van der Waals surface area contributed by atoms with Crippen LogP contribution in [0.5, 0.6) is 0 Å². The zero-order valence-electron chi connectivity index (χ0n) is 11.6. The first-order valence-corrected chi connectivity index (χ1v) is 7.24. The van der Waals surface area contributed by atoms with Crippen molar-refractivity contribution in [2.24, 2.45) is 0 Å². The summed E-state index contributed by atoms with van der Waals surface area (Å²) in [6, 6.07) is 11.5. The number of pyridine rings is 1. The summed E-state index contributed by atoms with van der Waals surface area (Å²) in [6.45, 7) is 0.594. The predicted molar refractivity (Wildman–Crippen MR) is 87.1 cm³/mol. The van der Waals surface area contributed by atoms with E-state index in [0.29, 0.717) is 11.6 Å². The van der Waals surface area contributed by atoms with E-state index in [1.54, 1.807) is 0 Å². The Balaban J connectivity index is 1.63. The first-order valence-electron chi connectivity index (χ1n) is 6.86. The van der Waals surface area contributed by atoms with Crippen LogP contribution in [0.4, 0.5) is 5.82 Å². The first kappa shape index (κ1) is 13.0. The fourth-order valence-electron chi connectivity index (χ4n) is 2.42. The lowest BCUT2D eigenvalue weighted by atomic mass is 10.2. The van der Waals surface area contributed by atoms with Gasteiger partial charge in [-0.3, -0.25) is 0 Å². The van der Waals surface area contributed by atoms with Gasteiger partial charge < -0.3 is 9.72 Å². The van der Waals surface area contributed by atoms with Gasteiger partial charge >= 0.3 is 0 Å². The van der Waals surface area contributed by atoms with Gasteiger partial charge in [0, 0.05) is 22.8 Å². The SMILES string of the molecule is Clc1ccc2c(NCc3cn4ccccc4n3)ncnc2c1. The highest BCUT2D eigenvalue weighted by Crippen LogP contribution is 2.22. The molecule has 0 bridgehead atoms. The highest BCUT2D eigenvalue weighted by molar-refractivity contribution is 6.31. The van der Waals surface area contributed by atoms with E-state index in [-0.39, 0.29) is 0 Å². The van der Waals surface area contributed by atoms with E-state index < -0.39 is 0 Å². The maximum Gasteiger partial charge on any atom is 0.137 e. The Morgan fingerprint density at radius 2 is 2.09 bits per heavy atom. The molecule has 0 fully saturated rings. The Morgan fingerprint density at radius 3 is 3.00 bits per heavy atom. The van der Waals surface area contributed by atoms with Gasteiger partial charge in [0.25, 0.3) is 0 Å². The number of benzene rings is 1. The average molecular weight is 310 g/mol. The monoisotopic (exact) mass is 309 g/mol. The number of imidazole rings is 1. The van der Waals surface area contributed by atoms with Crippen LogP contribution in [-0.4, -0.2) is 19.4 Å². The molecule has 1 aromatic carbocycles. The smallest absolute Gasteiger partial charge is 0.137 e. The van der Waals surface area contributed by atoms with Gasteiger partial charge in [0.15, 0.2) is 0 Å². The summed E-state index contributed by atoms with van der Waals surface area (Å²) in [5.74, 6) is 0.777. The third kappa shape index (κ3) is 2.35. The number of fused-ring (bicyclic) bond motifs is 2. The average Bonchev–Trinajstić information content (AvgIpc) is 2.95. The zero-order valence-corrected chi connectivity index (χ0v) is 12.3. The molecular weight excluding hydrogens is 298 g/mol. The maximum atomic E-state index is 6.00. The molecule has 0 radical (unpaired) electrons. The summed E-state index contributed by atoms with van der Waals surface area (Å²) in [5, 5.41) is 4.92. The normalized spacial score (nSPS) is 11.1. The van der Waals surface area contributed by atoms with Crippen LogP contribution in [-0.2, 0) is 6.54 Å². The van der Waals surface area contributed by atoms with E-state index in [9.17, 15) is 0 Å². The van der Waals surface area contributed by atoms with E-state index in [4.69, 9.17) is 11.6 Å². The molecule has 0 saturated carbocycles. The van der Waals surface area contributed by atoms with Crippen LogP contribution in [0, 0.1) is 0 Å². The van der Waals surface area contributed by atoms with Crippen LogP contribution in [0.15, 0.2) is 55.1 Å². The third-order valence-corrected chi connectivity index (χ3v) is 3.68. The van der Waals surface area contributed by atoms with Crippen LogP contribution in [0.25, 0.3) is 16.6 Å². The summed E-state index contributed by atoms with van der Waals surface area (Å²) in [5.41, 5.74) is 2.70. The minimum Gasteiger partial charge on any atom is -0.364 e. The van der Waals surface area contributed by atoms with Gasteiger partial charge in [0.05, 0.1) is 17.8 Å². The van der Waals surface area contributed by atoms with E-state index in [2.05, 4.69) is 20.3 Å². The Morgan fingerprint density at radius 1 is 1.14 bits per heavy atom. The molecule has 6 heteroatoms. The van der Waals surface area contributed by atoms with Crippen LogP contribution < -0.4 is 5.32 Å². The number of aromatic nitrogens is 4. The highest BCUT2D eigenvalue weighted by Gasteiger charge is 2.06. The van der Waals surface area contributed by atoms with E-state index in [0.717, 1.165) is 28.1 Å². The molecule has 0 aliphatic carbocycles. The van der Waals surface area contributed by atoms with Gasteiger partial charge in [-0.25, -0.2) is 15.0 Å². The number of nitrogens with zero attached hydrogens (tertiary/aromatic N) is 4. The van der Waals surface area contributed by atoms with Gasteiger partial charge in [-0.05, 0) is 30.3 Å². The summed E-state index contributed by atoms with van der Waals surface area (Å²) in [4.78, 5) is 13.1. The standard InChI is InChI=1S/C16H12ClN5/c17-11-4-5-13-14(7-11)19-10-20-16(13)18-8-12-9-22-6-2-1-3-15(22)21-12/h1-7,9-10H,8H2,(H,18,19,20). The van der Waals surface area contributed by atoms with Gasteiger partial charge in [-0.2, -0.15) is 0 Å². The zero-order chi connectivity index (χ0) is 14.9. The highest BCUT2D eigenvalue weighted by atomic mass is 35.5. The number of anilines is 1. The number of halogens is 1. The second-order valence-electron chi connectivity index (χ2n) is 4.94. The summed E-state index contributed by atoms with van der Waals surface area (Å²) >= 11 is 6.00. The Hall–Kier alpha value is -2.66. The number of hydrogen-bond donors (Lipinski definition) is 1. The van der Waals surface area contributed by atoms with Crippen LogP contribution in [0.2, 0.25) is 5.02 Å². The Labute approximate surface area is 131 Å². The molecule has 108 valence electrons. The molecule has 0 aliphatic rings. The van der Waals surface area contributed by atoms with Crippen molar-refractivity contribution in [1.29, 1.82) is 0 Å². The fraction of sp³-hybridized carbons (Fsp3) is 0.0625. The third-order valence-electron chi connectivity index (χ3n) is 3.45. The molecule has 1 N–H and O–H groups in total. The molecule has 0 saturated heterocycles. The molecule has 4 aromatic rings. The molecule has 5 nitrogen and oxygen atoms in total. The largest absolute Gasteiger partial charge is 0.364 e. The molecular formula is C16H12ClN5. The fourth-order valence-corrected chi connectivity index (χ4v) is 2.58. The molecule has 0 aliphatic heterocycles. The van der Waals surface area contributed by atoms with Gasteiger partial charge in [0.2, 0.25) is 0 Å². The minimum atomic E-state index is 0.594. The Bertz CT molecular complexity index is 930. The van der Waals surface area contributed by atoms with Crippen molar-refractivity contribution in [2.75, 3.05) is 5.32 Å². The van der Waals surface area contributed by atoms with E-state index in [1.165, 1.54) is 6.33 Å². The first-order chi connectivity index (χ1) is 10.8. The molecule has 0 unspecified atom stereocenters. The molecule has 0 atom stereocenters. The maximum absolute atomic E-state index is 6.00. The number of rotatable bonds is 3. The summed E-state index contributed by atoms with van der Waals surface area (Å²) < 4.78 is 1.99. The van der Waals surface area contributed by atoms with Crippen LogP contribution in [0.1, 0.15) is 5.69 Å². The molecule has 4 rings (SSSR count). The van der Waals surface area contributed by atoms with E-state index >= 15 is 0 Å².